The van der Waals surface area contributed by atoms with E-state index in [9.17, 15) is 28.9 Å². The number of amides is 4. The molecule has 0 aliphatic carbocycles. The average Bonchev–Trinajstić information content (AvgIpc) is 2.87. The van der Waals surface area contributed by atoms with E-state index in [1.165, 1.54) is 6.92 Å². The third-order valence-corrected chi connectivity index (χ3v) is 4.90. The normalized spacial score (nSPS) is 18.5. The van der Waals surface area contributed by atoms with Gasteiger partial charge < -0.3 is 10.6 Å². The van der Waals surface area contributed by atoms with Crippen LogP contribution >= 0.6 is 15.9 Å². The van der Waals surface area contributed by atoms with E-state index < -0.39 is 46.4 Å². The predicted octanol–water partition coefficient (Wildman–Crippen LogP) is 2.90. The molecule has 0 spiro atoms. The molecule has 0 aromatic heterocycles. The molecule has 9 nitrogen and oxygen atoms in total. The first-order valence-corrected chi connectivity index (χ1v) is 9.05. The van der Waals surface area contributed by atoms with E-state index in [1.54, 1.807) is 24.3 Å². The number of nitro benzene ring substituents is 1. The van der Waals surface area contributed by atoms with E-state index in [-0.39, 0.29) is 5.69 Å². The molecule has 2 N–H and O–H groups in total. The van der Waals surface area contributed by atoms with Crippen LogP contribution in [0.1, 0.15) is 12.5 Å². The molecule has 1 saturated heterocycles. The van der Waals surface area contributed by atoms with Gasteiger partial charge in [-0.25, -0.2) is 9.18 Å². The van der Waals surface area contributed by atoms with Crippen molar-refractivity contribution in [3.63, 3.8) is 0 Å². The molecule has 2 aromatic rings. The summed E-state index contributed by atoms with van der Waals surface area (Å²) >= 11 is 3.30. The lowest BCUT2D eigenvalue weighted by Crippen LogP contribution is -2.42. The Bertz CT molecular complexity index is 1050. The second kappa shape index (κ2) is 7.59. The zero-order valence-electron chi connectivity index (χ0n) is 14.9. The summed E-state index contributed by atoms with van der Waals surface area (Å²) in [6.45, 7) is 0.848. The number of carbonyl (C=O) groups is 3. The molecule has 150 valence electrons. The van der Waals surface area contributed by atoms with Crippen LogP contribution in [-0.4, -0.2) is 34.2 Å². The van der Waals surface area contributed by atoms with Gasteiger partial charge in [0.25, 0.3) is 11.6 Å². The van der Waals surface area contributed by atoms with Crippen molar-refractivity contribution >= 4 is 45.2 Å². The first-order valence-electron chi connectivity index (χ1n) is 8.26. The summed E-state index contributed by atoms with van der Waals surface area (Å²) in [4.78, 5) is 48.4. The van der Waals surface area contributed by atoms with Crippen LogP contribution in [0.25, 0.3) is 0 Å². The highest BCUT2D eigenvalue weighted by Gasteiger charge is 2.49. The largest absolute Gasteiger partial charge is 0.325 e. The van der Waals surface area contributed by atoms with E-state index in [4.69, 9.17) is 0 Å². The van der Waals surface area contributed by atoms with Crippen LogP contribution in [0.5, 0.6) is 0 Å². The Morgan fingerprint density at radius 2 is 2.03 bits per heavy atom. The third kappa shape index (κ3) is 3.94. The Balaban J connectivity index is 1.79. The lowest BCUT2D eigenvalue weighted by atomic mass is 9.92. The highest BCUT2D eigenvalue weighted by atomic mass is 79.9. The molecular weight excluding hydrogens is 451 g/mol. The number of nitrogens with one attached hydrogen (secondary N) is 2. The van der Waals surface area contributed by atoms with E-state index in [0.29, 0.717) is 21.0 Å². The van der Waals surface area contributed by atoms with Crippen molar-refractivity contribution in [2.75, 3.05) is 11.9 Å². The summed E-state index contributed by atoms with van der Waals surface area (Å²) in [7, 11) is 0. The van der Waals surface area contributed by atoms with Crippen molar-refractivity contribution < 1.29 is 23.7 Å². The van der Waals surface area contributed by atoms with Crippen molar-refractivity contribution in [2.45, 2.75) is 12.5 Å². The number of benzene rings is 2. The molecule has 1 aliphatic rings. The number of hydrogen-bond acceptors (Lipinski definition) is 5. The zero-order valence-corrected chi connectivity index (χ0v) is 16.5. The Kier molecular flexibility index (Phi) is 5.33. The van der Waals surface area contributed by atoms with Gasteiger partial charge in [-0.3, -0.25) is 24.6 Å². The average molecular weight is 465 g/mol. The number of nitrogens with zero attached hydrogens (tertiary/aromatic N) is 2. The predicted molar refractivity (Wildman–Crippen MR) is 103 cm³/mol. The number of imide groups is 1. The lowest BCUT2D eigenvalue weighted by Gasteiger charge is -2.22. The maximum Gasteiger partial charge on any atom is 0.325 e. The standard InChI is InChI=1S/C18H14BrFN4O5/c1-18(10-3-2-4-11(19)7-10)16(26)23(17(27)22-18)9-15(25)21-13-6-5-12(20)8-14(13)24(28)29/h2-8H,9H2,1H3,(H,21,25)(H,22,27)/t18-/m1/s1. The number of halogens is 2. The highest BCUT2D eigenvalue weighted by molar-refractivity contribution is 9.10. The molecule has 0 saturated carbocycles. The molecule has 1 fully saturated rings. The fourth-order valence-corrected chi connectivity index (χ4v) is 3.33. The molecule has 1 atom stereocenters. The fourth-order valence-electron chi connectivity index (χ4n) is 2.93. The quantitative estimate of drug-likeness (QED) is 0.400. The molecule has 4 amide bonds. The summed E-state index contributed by atoms with van der Waals surface area (Å²) < 4.78 is 13.9. The van der Waals surface area contributed by atoms with Gasteiger partial charge in [-0.2, -0.15) is 0 Å². The van der Waals surface area contributed by atoms with Crippen LogP contribution in [0.2, 0.25) is 0 Å². The van der Waals surface area contributed by atoms with Gasteiger partial charge in [0, 0.05) is 4.47 Å². The number of carbonyl (C=O) groups excluding carboxylic acids is 3. The molecule has 0 unspecified atom stereocenters. The summed E-state index contributed by atoms with van der Waals surface area (Å²) in [5, 5.41) is 15.8. The second-order valence-electron chi connectivity index (χ2n) is 6.42. The Morgan fingerprint density at radius 3 is 2.69 bits per heavy atom. The zero-order chi connectivity index (χ0) is 21.3. The van der Waals surface area contributed by atoms with E-state index >= 15 is 0 Å². The van der Waals surface area contributed by atoms with Crippen LogP contribution in [0.15, 0.2) is 46.9 Å². The van der Waals surface area contributed by atoms with Gasteiger partial charge in [-0.1, -0.05) is 28.1 Å². The van der Waals surface area contributed by atoms with E-state index in [2.05, 4.69) is 26.6 Å². The Labute approximate surface area is 172 Å². The molecule has 29 heavy (non-hydrogen) atoms. The number of anilines is 1. The molecule has 3 rings (SSSR count). The minimum absolute atomic E-state index is 0.247. The third-order valence-electron chi connectivity index (χ3n) is 4.41. The molecule has 1 aliphatic heterocycles. The first kappa shape index (κ1) is 20.4. The number of hydrogen-bond donors (Lipinski definition) is 2. The van der Waals surface area contributed by atoms with E-state index in [0.717, 1.165) is 12.1 Å². The van der Waals surface area contributed by atoms with Gasteiger partial charge in [-0.05, 0) is 36.8 Å². The van der Waals surface area contributed by atoms with Crippen LogP contribution in [0.3, 0.4) is 0 Å². The van der Waals surface area contributed by atoms with Crippen molar-refractivity contribution in [3.8, 4) is 0 Å². The van der Waals surface area contributed by atoms with Gasteiger partial charge in [-0.15, -0.1) is 0 Å². The number of urea groups is 1. The van der Waals surface area contributed by atoms with Crippen LogP contribution in [-0.2, 0) is 15.1 Å². The molecule has 1 heterocycles. The SMILES string of the molecule is C[C@]1(c2cccc(Br)c2)NC(=O)N(CC(=O)Nc2ccc(F)cc2[N+](=O)[O-])C1=O. The summed E-state index contributed by atoms with van der Waals surface area (Å²) in [5.74, 6) is -2.33. The van der Waals surface area contributed by atoms with Gasteiger partial charge in [0.15, 0.2) is 0 Å². The highest BCUT2D eigenvalue weighted by Crippen LogP contribution is 2.30. The number of nitro groups is 1. The smallest absolute Gasteiger partial charge is 0.319 e. The maximum absolute atomic E-state index is 13.2. The minimum atomic E-state index is -1.37. The van der Waals surface area contributed by atoms with Gasteiger partial charge in [0.2, 0.25) is 5.91 Å². The lowest BCUT2D eigenvalue weighted by molar-refractivity contribution is -0.384. The van der Waals surface area contributed by atoms with Crippen molar-refractivity contribution in [1.29, 1.82) is 0 Å². The summed E-state index contributed by atoms with van der Waals surface area (Å²) in [5.41, 5.74) is -1.75. The molecule has 11 heteroatoms. The second-order valence-corrected chi connectivity index (χ2v) is 7.34. The molecule has 0 bridgehead atoms. The fraction of sp³-hybridized carbons (Fsp3) is 0.167. The summed E-state index contributed by atoms with van der Waals surface area (Å²) in [6, 6.07) is 8.65. The Morgan fingerprint density at radius 1 is 1.31 bits per heavy atom. The monoisotopic (exact) mass is 464 g/mol. The van der Waals surface area contributed by atoms with Gasteiger partial charge in [0.05, 0.1) is 11.0 Å². The number of rotatable bonds is 5. The topological polar surface area (TPSA) is 122 Å². The maximum atomic E-state index is 13.2. The van der Waals surface area contributed by atoms with Crippen LogP contribution < -0.4 is 10.6 Å². The van der Waals surface area contributed by atoms with Gasteiger partial charge >= 0.3 is 6.03 Å². The Hall–Kier alpha value is -3.34. The minimum Gasteiger partial charge on any atom is -0.319 e. The van der Waals surface area contributed by atoms with Crippen molar-refractivity contribution in [2.24, 2.45) is 0 Å². The molecule has 2 aromatic carbocycles. The first-order chi connectivity index (χ1) is 13.6. The van der Waals surface area contributed by atoms with Crippen LogP contribution in [0, 0.1) is 15.9 Å². The van der Waals surface area contributed by atoms with Crippen molar-refractivity contribution in [1.82, 2.24) is 10.2 Å². The molecule has 0 radical (unpaired) electrons. The van der Waals surface area contributed by atoms with Crippen LogP contribution in [0.4, 0.5) is 20.6 Å². The van der Waals surface area contributed by atoms with Gasteiger partial charge in [0.1, 0.15) is 23.6 Å². The molecular formula is C18H14BrFN4O5. The summed E-state index contributed by atoms with van der Waals surface area (Å²) in [6.07, 6.45) is 0. The van der Waals surface area contributed by atoms with Crippen molar-refractivity contribution in [3.05, 3.63) is 68.4 Å². The van der Waals surface area contributed by atoms with E-state index in [1.807, 2.05) is 0 Å².